The Kier molecular flexibility index (Phi) is 6.07. The van der Waals surface area contributed by atoms with Crippen molar-refractivity contribution < 1.29 is 13.2 Å². The lowest BCUT2D eigenvalue weighted by Crippen LogP contribution is -2.24. The summed E-state index contributed by atoms with van der Waals surface area (Å²) in [5, 5.41) is 0. The SMILES string of the molecule is C\C=C/C(=C\C=C(/C)C(F)(F)F)N(C)C(C)C. The number of hydrogen-bond donors (Lipinski definition) is 0. The molecule has 0 radical (unpaired) electrons. The second kappa shape index (κ2) is 6.52. The van der Waals surface area contributed by atoms with Crippen molar-refractivity contribution in [3.8, 4) is 0 Å². The molecule has 0 unspecified atom stereocenters. The summed E-state index contributed by atoms with van der Waals surface area (Å²) in [4.78, 5) is 1.92. The van der Waals surface area contributed by atoms with E-state index in [1.807, 2.05) is 38.8 Å². The molecule has 17 heavy (non-hydrogen) atoms. The normalized spacial score (nSPS) is 14.9. The molecule has 0 heterocycles. The fourth-order valence-corrected chi connectivity index (χ4v) is 1.06. The van der Waals surface area contributed by atoms with E-state index < -0.39 is 11.7 Å². The van der Waals surface area contributed by atoms with E-state index in [1.165, 1.54) is 6.08 Å². The molecular weight excluding hydrogens is 227 g/mol. The van der Waals surface area contributed by atoms with Crippen LogP contribution in [0, 0.1) is 0 Å². The summed E-state index contributed by atoms with van der Waals surface area (Å²) < 4.78 is 36.9. The molecule has 0 aliphatic heterocycles. The van der Waals surface area contributed by atoms with Gasteiger partial charge >= 0.3 is 6.18 Å². The Morgan fingerprint density at radius 3 is 2.06 bits per heavy atom. The van der Waals surface area contributed by atoms with Crippen LogP contribution in [-0.4, -0.2) is 24.2 Å². The maximum Gasteiger partial charge on any atom is 0.412 e. The van der Waals surface area contributed by atoms with Gasteiger partial charge in [-0.25, -0.2) is 0 Å². The van der Waals surface area contributed by atoms with Crippen LogP contribution in [0.15, 0.2) is 35.6 Å². The van der Waals surface area contributed by atoms with Crippen LogP contribution < -0.4 is 0 Å². The summed E-state index contributed by atoms with van der Waals surface area (Å²) in [7, 11) is 1.85. The maximum absolute atomic E-state index is 12.3. The van der Waals surface area contributed by atoms with Crippen molar-refractivity contribution in [1.29, 1.82) is 0 Å². The molecule has 0 amide bonds. The number of alkyl halides is 3. The van der Waals surface area contributed by atoms with Gasteiger partial charge in [0.15, 0.2) is 0 Å². The van der Waals surface area contributed by atoms with Gasteiger partial charge in [0.1, 0.15) is 0 Å². The molecule has 4 heteroatoms. The Bertz CT molecular complexity index is 322. The quantitative estimate of drug-likeness (QED) is 0.670. The summed E-state index contributed by atoms with van der Waals surface area (Å²) in [6.07, 6.45) is 1.94. The van der Waals surface area contributed by atoms with Gasteiger partial charge in [-0.3, -0.25) is 0 Å². The fourth-order valence-electron chi connectivity index (χ4n) is 1.06. The topological polar surface area (TPSA) is 3.24 Å². The first-order valence-electron chi connectivity index (χ1n) is 5.51. The molecule has 0 bridgehead atoms. The minimum Gasteiger partial charge on any atom is -0.372 e. The van der Waals surface area contributed by atoms with Crippen LogP contribution in [0.2, 0.25) is 0 Å². The standard InChI is InChI=1S/C13H20F3N/c1-6-7-12(17(5)10(2)3)9-8-11(4)13(14,15)16/h6-10H,1-5H3/b7-6-,11-8+,12-9+. The van der Waals surface area contributed by atoms with Gasteiger partial charge in [-0.2, -0.15) is 13.2 Å². The molecule has 0 fully saturated rings. The first kappa shape index (κ1) is 15.8. The van der Waals surface area contributed by atoms with Gasteiger partial charge in [0.2, 0.25) is 0 Å². The highest BCUT2D eigenvalue weighted by Crippen LogP contribution is 2.25. The van der Waals surface area contributed by atoms with Crippen LogP contribution in [0.5, 0.6) is 0 Å². The Morgan fingerprint density at radius 1 is 1.18 bits per heavy atom. The zero-order valence-electron chi connectivity index (χ0n) is 11.0. The maximum atomic E-state index is 12.3. The van der Waals surface area contributed by atoms with Crippen molar-refractivity contribution in [3.63, 3.8) is 0 Å². The van der Waals surface area contributed by atoms with Crippen LogP contribution in [0.25, 0.3) is 0 Å². The van der Waals surface area contributed by atoms with E-state index >= 15 is 0 Å². The first-order valence-corrected chi connectivity index (χ1v) is 5.51. The minimum absolute atomic E-state index is 0.233. The number of allylic oxidation sites excluding steroid dienone is 5. The molecule has 0 N–H and O–H groups in total. The Hall–Kier alpha value is -1.19. The highest BCUT2D eigenvalue weighted by Gasteiger charge is 2.29. The van der Waals surface area contributed by atoms with Crippen molar-refractivity contribution in [2.45, 2.75) is 39.9 Å². The Morgan fingerprint density at radius 2 is 1.71 bits per heavy atom. The van der Waals surface area contributed by atoms with E-state index in [2.05, 4.69) is 0 Å². The van der Waals surface area contributed by atoms with Crippen LogP contribution in [0.1, 0.15) is 27.7 Å². The monoisotopic (exact) mass is 247 g/mol. The molecule has 1 nitrogen and oxygen atoms in total. The Balaban J connectivity index is 5.09. The Labute approximate surface area is 101 Å². The first-order chi connectivity index (χ1) is 7.70. The van der Waals surface area contributed by atoms with Crippen LogP contribution in [0.3, 0.4) is 0 Å². The van der Waals surface area contributed by atoms with Crippen LogP contribution in [0.4, 0.5) is 13.2 Å². The van der Waals surface area contributed by atoms with Crippen LogP contribution >= 0.6 is 0 Å². The van der Waals surface area contributed by atoms with E-state index in [1.54, 1.807) is 6.08 Å². The molecule has 0 aromatic carbocycles. The number of rotatable bonds is 4. The third kappa shape index (κ3) is 5.61. The highest BCUT2D eigenvalue weighted by molar-refractivity contribution is 5.25. The van der Waals surface area contributed by atoms with Gasteiger partial charge in [-0.05, 0) is 39.8 Å². The molecule has 0 aromatic heterocycles. The zero-order valence-corrected chi connectivity index (χ0v) is 11.0. The molecule has 98 valence electrons. The molecule has 0 saturated carbocycles. The van der Waals surface area contributed by atoms with Crippen molar-refractivity contribution in [1.82, 2.24) is 4.90 Å². The summed E-state index contributed by atoms with van der Waals surface area (Å²) in [6, 6.07) is 0.233. The summed E-state index contributed by atoms with van der Waals surface area (Å²) >= 11 is 0. The number of halogens is 3. The van der Waals surface area contributed by atoms with Gasteiger partial charge in [0.05, 0.1) is 0 Å². The predicted octanol–water partition coefficient (Wildman–Crippen LogP) is 4.30. The lowest BCUT2D eigenvalue weighted by atomic mass is 10.2. The number of hydrogen-bond acceptors (Lipinski definition) is 1. The van der Waals surface area contributed by atoms with Crippen molar-refractivity contribution in [2.24, 2.45) is 0 Å². The third-order valence-electron chi connectivity index (χ3n) is 2.47. The lowest BCUT2D eigenvalue weighted by molar-refractivity contribution is -0.0913. The van der Waals surface area contributed by atoms with Gasteiger partial charge in [-0.1, -0.05) is 12.2 Å². The molecule has 0 aliphatic carbocycles. The van der Waals surface area contributed by atoms with Gasteiger partial charge in [0, 0.05) is 24.4 Å². The largest absolute Gasteiger partial charge is 0.412 e. The second-order valence-electron chi connectivity index (χ2n) is 4.14. The molecule has 0 atom stereocenters. The summed E-state index contributed by atoms with van der Waals surface area (Å²) in [5.41, 5.74) is 0.155. The van der Waals surface area contributed by atoms with E-state index in [0.29, 0.717) is 0 Å². The molecular formula is C13H20F3N. The summed E-state index contributed by atoms with van der Waals surface area (Å²) in [5.74, 6) is 0. The third-order valence-corrected chi connectivity index (χ3v) is 2.47. The number of likely N-dealkylation sites (N-methyl/N-ethyl adjacent to an activating group) is 1. The average Bonchev–Trinajstić information content (AvgIpc) is 2.21. The fraction of sp³-hybridized carbons (Fsp3) is 0.538. The molecule has 0 saturated heterocycles. The molecule has 0 aromatic rings. The highest BCUT2D eigenvalue weighted by atomic mass is 19.4. The van der Waals surface area contributed by atoms with Gasteiger partial charge in [0.25, 0.3) is 0 Å². The predicted molar refractivity (Wildman–Crippen MR) is 65.6 cm³/mol. The number of nitrogens with zero attached hydrogens (tertiary/aromatic N) is 1. The summed E-state index contributed by atoms with van der Waals surface area (Å²) in [6.45, 7) is 6.87. The van der Waals surface area contributed by atoms with Crippen LogP contribution in [-0.2, 0) is 0 Å². The van der Waals surface area contributed by atoms with E-state index in [4.69, 9.17) is 0 Å². The van der Waals surface area contributed by atoms with Gasteiger partial charge < -0.3 is 4.90 Å². The second-order valence-corrected chi connectivity index (χ2v) is 4.14. The van der Waals surface area contributed by atoms with E-state index in [0.717, 1.165) is 18.7 Å². The van der Waals surface area contributed by atoms with Gasteiger partial charge in [-0.15, -0.1) is 0 Å². The van der Waals surface area contributed by atoms with E-state index in [-0.39, 0.29) is 6.04 Å². The zero-order chi connectivity index (χ0) is 13.6. The molecule has 0 aliphatic rings. The van der Waals surface area contributed by atoms with Crippen molar-refractivity contribution in [2.75, 3.05) is 7.05 Å². The molecule has 0 rings (SSSR count). The molecule has 0 spiro atoms. The van der Waals surface area contributed by atoms with Crippen molar-refractivity contribution >= 4 is 0 Å². The lowest BCUT2D eigenvalue weighted by Gasteiger charge is -2.24. The minimum atomic E-state index is -4.26. The van der Waals surface area contributed by atoms with Crippen molar-refractivity contribution in [3.05, 3.63) is 35.6 Å². The smallest absolute Gasteiger partial charge is 0.372 e. The van der Waals surface area contributed by atoms with E-state index in [9.17, 15) is 13.2 Å². The average molecular weight is 247 g/mol.